The van der Waals surface area contributed by atoms with Crippen LogP contribution in [0.1, 0.15) is 39.3 Å². The molecule has 0 saturated carbocycles. The predicted molar refractivity (Wildman–Crippen MR) is 106 cm³/mol. The van der Waals surface area contributed by atoms with Crippen molar-refractivity contribution in [3.05, 3.63) is 28.5 Å². The van der Waals surface area contributed by atoms with E-state index >= 15 is 0 Å². The molecule has 0 unspecified atom stereocenters. The average molecular weight is 408 g/mol. The van der Waals surface area contributed by atoms with Crippen molar-refractivity contribution in [3.8, 4) is 22.8 Å². The predicted octanol–water partition coefficient (Wildman–Crippen LogP) is 5.09. The van der Waals surface area contributed by atoms with Gasteiger partial charge < -0.3 is 14.8 Å². The lowest BCUT2D eigenvalue weighted by Crippen LogP contribution is -2.19. The molecule has 0 radical (unpaired) electrons. The van der Waals surface area contributed by atoms with Crippen LogP contribution in [0.5, 0.6) is 11.5 Å². The van der Waals surface area contributed by atoms with Crippen LogP contribution in [0.4, 0.5) is 5.82 Å². The Morgan fingerprint density at radius 2 is 1.80 bits per heavy atom. The van der Waals surface area contributed by atoms with Gasteiger partial charge in [-0.15, -0.1) is 0 Å². The number of anilines is 1. The van der Waals surface area contributed by atoms with Crippen molar-refractivity contribution in [2.75, 3.05) is 19.5 Å². The molecule has 136 valence electrons. The molecule has 0 spiro atoms. The van der Waals surface area contributed by atoms with E-state index in [1.807, 2.05) is 18.2 Å². The standard InChI is InChI=1S/C19H26BrN3O2/c1-6-12(7-2)21-19-18(20)23-17(15(8-3)22-19)14-10-9-13(24-4)11-16(14)25-5/h9-12H,6-8H2,1-5H3,(H,21,22). The van der Waals surface area contributed by atoms with Gasteiger partial charge in [-0.2, -0.15) is 0 Å². The van der Waals surface area contributed by atoms with Gasteiger partial charge in [0, 0.05) is 17.7 Å². The van der Waals surface area contributed by atoms with Crippen molar-refractivity contribution in [2.24, 2.45) is 0 Å². The number of hydrogen-bond acceptors (Lipinski definition) is 5. The molecule has 25 heavy (non-hydrogen) atoms. The maximum atomic E-state index is 5.53. The molecular weight excluding hydrogens is 382 g/mol. The number of ether oxygens (including phenoxy) is 2. The molecule has 0 aliphatic heterocycles. The first-order valence-electron chi connectivity index (χ1n) is 8.63. The summed E-state index contributed by atoms with van der Waals surface area (Å²) in [5.41, 5.74) is 2.66. The molecule has 0 aliphatic rings. The summed E-state index contributed by atoms with van der Waals surface area (Å²) in [6, 6.07) is 6.11. The molecule has 0 bridgehead atoms. The Hall–Kier alpha value is -1.82. The minimum atomic E-state index is 0.386. The van der Waals surface area contributed by atoms with E-state index in [1.165, 1.54) is 0 Å². The third-order valence-electron chi connectivity index (χ3n) is 4.25. The first-order valence-corrected chi connectivity index (χ1v) is 9.42. The number of hydrogen-bond donors (Lipinski definition) is 1. The van der Waals surface area contributed by atoms with Crippen LogP contribution in [0.2, 0.25) is 0 Å². The summed E-state index contributed by atoms with van der Waals surface area (Å²) in [5, 5.41) is 3.48. The van der Waals surface area contributed by atoms with Crippen LogP contribution in [0, 0.1) is 0 Å². The van der Waals surface area contributed by atoms with Crippen molar-refractivity contribution < 1.29 is 9.47 Å². The van der Waals surface area contributed by atoms with Gasteiger partial charge in [0.05, 0.1) is 25.6 Å². The quantitative estimate of drug-likeness (QED) is 0.660. The van der Waals surface area contributed by atoms with Gasteiger partial charge in [-0.25, -0.2) is 9.97 Å². The molecule has 1 aromatic heterocycles. The Balaban J connectivity index is 2.50. The second kappa shape index (κ2) is 9.04. The van der Waals surface area contributed by atoms with Crippen molar-refractivity contribution >= 4 is 21.7 Å². The van der Waals surface area contributed by atoms with Gasteiger partial charge in [-0.3, -0.25) is 0 Å². The summed E-state index contributed by atoms with van der Waals surface area (Å²) in [6.07, 6.45) is 2.86. The number of rotatable bonds is 8. The highest BCUT2D eigenvalue weighted by Gasteiger charge is 2.18. The highest BCUT2D eigenvalue weighted by Crippen LogP contribution is 2.35. The van der Waals surface area contributed by atoms with E-state index in [4.69, 9.17) is 19.4 Å². The second-order valence-electron chi connectivity index (χ2n) is 5.74. The van der Waals surface area contributed by atoms with Gasteiger partial charge in [-0.1, -0.05) is 20.8 Å². The lowest BCUT2D eigenvalue weighted by molar-refractivity contribution is 0.395. The van der Waals surface area contributed by atoms with Crippen LogP contribution in [-0.2, 0) is 6.42 Å². The Labute approximate surface area is 158 Å². The Morgan fingerprint density at radius 3 is 2.36 bits per heavy atom. The van der Waals surface area contributed by atoms with Gasteiger partial charge in [0.1, 0.15) is 16.1 Å². The first kappa shape index (κ1) is 19.5. The molecular formula is C19H26BrN3O2. The summed E-state index contributed by atoms with van der Waals surface area (Å²) in [6.45, 7) is 6.41. The third kappa shape index (κ3) is 4.42. The van der Waals surface area contributed by atoms with E-state index < -0.39 is 0 Å². The lowest BCUT2D eigenvalue weighted by Gasteiger charge is -2.19. The van der Waals surface area contributed by atoms with E-state index in [2.05, 4.69) is 42.0 Å². The highest BCUT2D eigenvalue weighted by molar-refractivity contribution is 9.10. The molecule has 6 heteroatoms. The maximum Gasteiger partial charge on any atom is 0.159 e. The summed E-state index contributed by atoms with van der Waals surface area (Å²) in [4.78, 5) is 9.58. The monoisotopic (exact) mass is 407 g/mol. The number of nitrogens with zero attached hydrogens (tertiary/aromatic N) is 2. The van der Waals surface area contributed by atoms with Crippen LogP contribution in [0.3, 0.4) is 0 Å². The summed E-state index contributed by atoms with van der Waals surface area (Å²) in [7, 11) is 3.29. The van der Waals surface area contributed by atoms with Gasteiger partial charge in [0.25, 0.3) is 0 Å². The molecule has 5 nitrogen and oxygen atoms in total. The minimum absolute atomic E-state index is 0.386. The van der Waals surface area contributed by atoms with Crippen LogP contribution in [0.25, 0.3) is 11.3 Å². The topological polar surface area (TPSA) is 56.3 Å². The van der Waals surface area contributed by atoms with E-state index in [9.17, 15) is 0 Å². The molecule has 0 fully saturated rings. The molecule has 2 aromatic rings. The van der Waals surface area contributed by atoms with E-state index in [-0.39, 0.29) is 0 Å². The number of methoxy groups -OCH3 is 2. The zero-order valence-electron chi connectivity index (χ0n) is 15.5. The Kier molecular flexibility index (Phi) is 7.05. The number of halogens is 1. The number of aromatic nitrogens is 2. The molecule has 2 rings (SSSR count). The smallest absolute Gasteiger partial charge is 0.159 e. The normalized spacial score (nSPS) is 10.8. The maximum absolute atomic E-state index is 5.53. The largest absolute Gasteiger partial charge is 0.497 e. The van der Waals surface area contributed by atoms with Crippen LogP contribution in [0.15, 0.2) is 22.8 Å². The molecule has 1 aromatic carbocycles. The van der Waals surface area contributed by atoms with Crippen LogP contribution >= 0.6 is 15.9 Å². The van der Waals surface area contributed by atoms with Crippen LogP contribution in [-0.4, -0.2) is 30.2 Å². The van der Waals surface area contributed by atoms with E-state index in [0.29, 0.717) is 10.6 Å². The summed E-state index contributed by atoms with van der Waals surface area (Å²) >= 11 is 3.57. The van der Waals surface area contributed by atoms with E-state index in [0.717, 1.165) is 53.5 Å². The lowest BCUT2D eigenvalue weighted by atomic mass is 10.1. The Morgan fingerprint density at radius 1 is 1.08 bits per heavy atom. The molecule has 0 amide bonds. The fourth-order valence-corrected chi connectivity index (χ4v) is 3.06. The Bertz CT molecular complexity index is 718. The second-order valence-corrected chi connectivity index (χ2v) is 6.49. The fourth-order valence-electron chi connectivity index (χ4n) is 2.68. The fraction of sp³-hybridized carbons (Fsp3) is 0.474. The molecule has 1 N–H and O–H groups in total. The molecule has 0 saturated heterocycles. The van der Waals surface area contributed by atoms with Crippen molar-refractivity contribution in [1.29, 1.82) is 0 Å². The number of benzene rings is 1. The van der Waals surface area contributed by atoms with Crippen molar-refractivity contribution in [2.45, 2.75) is 46.1 Å². The molecule has 1 heterocycles. The number of aryl methyl sites for hydroxylation is 1. The highest BCUT2D eigenvalue weighted by atomic mass is 79.9. The molecule has 0 atom stereocenters. The zero-order valence-corrected chi connectivity index (χ0v) is 17.1. The SMILES string of the molecule is CCc1nc(NC(CC)CC)c(Br)nc1-c1ccc(OC)cc1OC. The van der Waals surface area contributed by atoms with Gasteiger partial charge in [0.2, 0.25) is 0 Å². The summed E-state index contributed by atoms with van der Waals surface area (Å²) in [5.74, 6) is 2.26. The van der Waals surface area contributed by atoms with Gasteiger partial charge in [-0.05, 0) is 47.3 Å². The third-order valence-corrected chi connectivity index (χ3v) is 4.80. The minimum Gasteiger partial charge on any atom is -0.497 e. The van der Waals surface area contributed by atoms with Crippen molar-refractivity contribution in [1.82, 2.24) is 9.97 Å². The van der Waals surface area contributed by atoms with Crippen LogP contribution < -0.4 is 14.8 Å². The van der Waals surface area contributed by atoms with Gasteiger partial charge >= 0.3 is 0 Å². The average Bonchev–Trinajstić information content (AvgIpc) is 2.66. The van der Waals surface area contributed by atoms with Gasteiger partial charge in [0.15, 0.2) is 5.82 Å². The van der Waals surface area contributed by atoms with Crippen molar-refractivity contribution in [3.63, 3.8) is 0 Å². The molecule has 0 aliphatic carbocycles. The van der Waals surface area contributed by atoms with E-state index in [1.54, 1.807) is 14.2 Å². The zero-order chi connectivity index (χ0) is 18.4. The first-order chi connectivity index (χ1) is 12.1. The summed E-state index contributed by atoms with van der Waals surface area (Å²) < 4.78 is 11.5. The number of nitrogens with one attached hydrogen (secondary N) is 1.